The summed E-state index contributed by atoms with van der Waals surface area (Å²) in [5.74, 6) is 0.337. The second-order valence-electron chi connectivity index (χ2n) is 5.49. The molecule has 1 aromatic heterocycles. The molecule has 0 atom stereocenters. The van der Waals surface area contributed by atoms with Gasteiger partial charge < -0.3 is 5.32 Å². The fourth-order valence-electron chi connectivity index (χ4n) is 2.75. The van der Waals surface area contributed by atoms with Crippen LogP contribution in [-0.4, -0.2) is 16.1 Å². The van der Waals surface area contributed by atoms with Gasteiger partial charge >= 0.3 is 0 Å². The maximum absolute atomic E-state index is 12.1. The summed E-state index contributed by atoms with van der Waals surface area (Å²) in [6, 6.07) is 9.85. The van der Waals surface area contributed by atoms with Crippen LogP contribution in [0.5, 0.6) is 0 Å². The molecule has 4 heteroatoms. The first-order chi connectivity index (χ1) is 9.72. The Morgan fingerprint density at radius 3 is 2.80 bits per heavy atom. The molecule has 1 amide bonds. The molecule has 1 fully saturated rings. The average molecular weight is 269 g/mol. The van der Waals surface area contributed by atoms with Crippen molar-refractivity contribution >= 4 is 11.6 Å². The van der Waals surface area contributed by atoms with Crippen LogP contribution in [0.1, 0.15) is 31.4 Å². The summed E-state index contributed by atoms with van der Waals surface area (Å²) in [6.07, 6.45) is 4.38. The Labute approximate surface area is 118 Å². The zero-order chi connectivity index (χ0) is 13.9. The molecular formula is C16H19N3O. The number of hydrogen-bond donors (Lipinski definition) is 2. The third-order valence-corrected chi connectivity index (χ3v) is 3.86. The Balaban J connectivity index is 1.75. The zero-order valence-electron chi connectivity index (χ0n) is 11.6. The summed E-state index contributed by atoms with van der Waals surface area (Å²) >= 11 is 0. The number of benzene rings is 1. The molecule has 104 valence electrons. The van der Waals surface area contributed by atoms with Crippen LogP contribution in [0.15, 0.2) is 30.3 Å². The van der Waals surface area contributed by atoms with E-state index in [9.17, 15) is 4.79 Å². The third-order valence-electron chi connectivity index (χ3n) is 3.86. The van der Waals surface area contributed by atoms with E-state index in [0.29, 0.717) is 0 Å². The molecule has 1 aliphatic rings. The minimum atomic E-state index is 0.151. The first kappa shape index (κ1) is 12.9. The second-order valence-corrected chi connectivity index (χ2v) is 5.49. The van der Waals surface area contributed by atoms with E-state index in [2.05, 4.69) is 15.5 Å². The van der Waals surface area contributed by atoms with Gasteiger partial charge in [0.25, 0.3) is 0 Å². The SMILES string of the molecule is Cc1cc(-c2cccc(NC(=O)C3CCCC3)c2)n[nH]1. The summed E-state index contributed by atoms with van der Waals surface area (Å²) in [4.78, 5) is 12.1. The smallest absolute Gasteiger partial charge is 0.227 e. The third kappa shape index (κ3) is 2.74. The lowest BCUT2D eigenvalue weighted by Crippen LogP contribution is -2.20. The van der Waals surface area contributed by atoms with Crippen LogP contribution < -0.4 is 5.32 Å². The number of H-pyrrole nitrogens is 1. The fourth-order valence-corrected chi connectivity index (χ4v) is 2.75. The number of rotatable bonds is 3. The van der Waals surface area contributed by atoms with Crippen molar-refractivity contribution in [2.24, 2.45) is 5.92 Å². The van der Waals surface area contributed by atoms with E-state index in [-0.39, 0.29) is 11.8 Å². The van der Waals surface area contributed by atoms with Gasteiger partial charge in [-0.3, -0.25) is 9.89 Å². The van der Waals surface area contributed by atoms with Gasteiger partial charge in [-0.05, 0) is 38.0 Å². The number of nitrogens with zero attached hydrogens (tertiary/aromatic N) is 1. The van der Waals surface area contributed by atoms with Crippen LogP contribution in [0.4, 0.5) is 5.69 Å². The van der Waals surface area contributed by atoms with E-state index in [0.717, 1.165) is 35.5 Å². The van der Waals surface area contributed by atoms with Gasteiger partial charge in [0.15, 0.2) is 0 Å². The molecule has 0 saturated heterocycles. The van der Waals surface area contributed by atoms with E-state index >= 15 is 0 Å². The second kappa shape index (κ2) is 5.49. The Kier molecular flexibility index (Phi) is 3.54. The molecule has 4 nitrogen and oxygen atoms in total. The van der Waals surface area contributed by atoms with E-state index in [1.807, 2.05) is 37.3 Å². The summed E-state index contributed by atoms with van der Waals surface area (Å²) < 4.78 is 0. The number of carbonyl (C=O) groups is 1. The van der Waals surface area contributed by atoms with Gasteiger partial charge in [0.05, 0.1) is 5.69 Å². The van der Waals surface area contributed by atoms with Crippen molar-refractivity contribution in [3.63, 3.8) is 0 Å². The van der Waals surface area contributed by atoms with E-state index < -0.39 is 0 Å². The van der Waals surface area contributed by atoms with Gasteiger partial charge in [-0.25, -0.2) is 0 Å². The number of hydrogen-bond acceptors (Lipinski definition) is 2. The maximum atomic E-state index is 12.1. The Bertz CT molecular complexity index is 612. The molecule has 1 saturated carbocycles. The summed E-state index contributed by atoms with van der Waals surface area (Å²) in [5, 5.41) is 10.2. The molecule has 1 heterocycles. The van der Waals surface area contributed by atoms with Crippen LogP contribution >= 0.6 is 0 Å². The molecule has 0 spiro atoms. The molecule has 0 bridgehead atoms. The highest BCUT2D eigenvalue weighted by Crippen LogP contribution is 2.27. The minimum Gasteiger partial charge on any atom is -0.326 e. The Morgan fingerprint density at radius 1 is 1.30 bits per heavy atom. The average Bonchev–Trinajstić information content (AvgIpc) is 3.10. The zero-order valence-corrected chi connectivity index (χ0v) is 11.6. The lowest BCUT2D eigenvalue weighted by molar-refractivity contribution is -0.119. The van der Waals surface area contributed by atoms with Crippen molar-refractivity contribution in [1.29, 1.82) is 0 Å². The first-order valence-corrected chi connectivity index (χ1v) is 7.16. The number of anilines is 1. The van der Waals surface area contributed by atoms with E-state index in [1.54, 1.807) is 0 Å². The molecule has 2 N–H and O–H groups in total. The summed E-state index contributed by atoms with van der Waals surface area (Å²) in [6.45, 7) is 1.97. The van der Waals surface area contributed by atoms with Crippen LogP contribution in [0.3, 0.4) is 0 Å². The minimum absolute atomic E-state index is 0.151. The van der Waals surface area contributed by atoms with Crippen molar-refractivity contribution in [3.05, 3.63) is 36.0 Å². The van der Waals surface area contributed by atoms with Crippen LogP contribution in [0.2, 0.25) is 0 Å². The molecule has 0 unspecified atom stereocenters. The number of amides is 1. The Morgan fingerprint density at radius 2 is 2.10 bits per heavy atom. The number of aryl methyl sites for hydroxylation is 1. The highest BCUT2D eigenvalue weighted by Gasteiger charge is 2.22. The molecule has 1 aliphatic carbocycles. The van der Waals surface area contributed by atoms with Crippen molar-refractivity contribution in [3.8, 4) is 11.3 Å². The van der Waals surface area contributed by atoms with E-state index in [4.69, 9.17) is 0 Å². The van der Waals surface area contributed by atoms with Gasteiger partial charge in [0, 0.05) is 22.9 Å². The number of nitrogens with one attached hydrogen (secondary N) is 2. The molecule has 2 aromatic rings. The molecule has 3 rings (SSSR count). The van der Waals surface area contributed by atoms with E-state index in [1.165, 1.54) is 12.8 Å². The van der Waals surface area contributed by atoms with Crippen molar-refractivity contribution in [2.45, 2.75) is 32.6 Å². The fraction of sp³-hybridized carbons (Fsp3) is 0.375. The van der Waals surface area contributed by atoms with Gasteiger partial charge in [-0.15, -0.1) is 0 Å². The molecule has 0 radical (unpaired) electrons. The largest absolute Gasteiger partial charge is 0.326 e. The van der Waals surface area contributed by atoms with Gasteiger partial charge in [0.2, 0.25) is 5.91 Å². The molecule has 20 heavy (non-hydrogen) atoms. The monoisotopic (exact) mass is 269 g/mol. The summed E-state index contributed by atoms with van der Waals surface area (Å²) in [7, 11) is 0. The summed E-state index contributed by atoms with van der Waals surface area (Å²) in [5.41, 5.74) is 3.79. The number of carbonyl (C=O) groups excluding carboxylic acids is 1. The predicted molar refractivity (Wildman–Crippen MR) is 79.3 cm³/mol. The number of aromatic nitrogens is 2. The van der Waals surface area contributed by atoms with Gasteiger partial charge in [-0.1, -0.05) is 25.0 Å². The van der Waals surface area contributed by atoms with Gasteiger partial charge in [-0.2, -0.15) is 5.10 Å². The van der Waals surface area contributed by atoms with Crippen LogP contribution in [0, 0.1) is 12.8 Å². The lowest BCUT2D eigenvalue weighted by atomic mass is 10.1. The van der Waals surface area contributed by atoms with Gasteiger partial charge in [0.1, 0.15) is 0 Å². The highest BCUT2D eigenvalue weighted by molar-refractivity contribution is 5.93. The van der Waals surface area contributed by atoms with Crippen LogP contribution in [0.25, 0.3) is 11.3 Å². The normalized spacial score (nSPS) is 15.4. The number of aromatic amines is 1. The maximum Gasteiger partial charge on any atom is 0.227 e. The van der Waals surface area contributed by atoms with Crippen molar-refractivity contribution in [2.75, 3.05) is 5.32 Å². The molecular weight excluding hydrogens is 250 g/mol. The quantitative estimate of drug-likeness (QED) is 0.895. The predicted octanol–water partition coefficient (Wildman–Crippen LogP) is 3.51. The Hall–Kier alpha value is -2.10. The standard InChI is InChI=1S/C16H19N3O/c1-11-9-15(19-18-11)13-7-4-8-14(10-13)17-16(20)12-5-2-3-6-12/h4,7-10,12H,2-3,5-6H2,1H3,(H,17,20)(H,18,19). The van der Waals surface area contributed by atoms with Crippen molar-refractivity contribution in [1.82, 2.24) is 10.2 Å². The lowest BCUT2D eigenvalue weighted by Gasteiger charge is -2.10. The molecule has 0 aliphatic heterocycles. The molecule has 1 aromatic carbocycles. The first-order valence-electron chi connectivity index (χ1n) is 7.16. The highest BCUT2D eigenvalue weighted by atomic mass is 16.1. The van der Waals surface area contributed by atoms with Crippen LogP contribution in [-0.2, 0) is 4.79 Å². The van der Waals surface area contributed by atoms with Crippen molar-refractivity contribution < 1.29 is 4.79 Å². The topological polar surface area (TPSA) is 57.8 Å².